The number of H-pyrrole nitrogens is 1. The van der Waals surface area contributed by atoms with Crippen molar-refractivity contribution in [2.24, 2.45) is 0 Å². The maximum absolute atomic E-state index is 12.5. The van der Waals surface area contributed by atoms with Crippen molar-refractivity contribution in [1.82, 2.24) is 19.6 Å². The Hall–Kier alpha value is -2.70. The molecule has 0 radical (unpaired) electrons. The summed E-state index contributed by atoms with van der Waals surface area (Å²) in [5, 5.41) is 3.71. The standard InChI is InChI=1S/C21H21ClN4O2/c1-2-18(16-10-6-7-11-17(16)22)28-13-15-12-19(27)26-21(23-15)24-20(25-26)14-8-4-3-5-9-14/h3-4,6-8,10-12,18H,2,5,9,13H2,1H3,(H,23,24,25). The molecule has 0 bridgehead atoms. The lowest BCUT2D eigenvalue weighted by Gasteiger charge is -2.17. The van der Waals surface area contributed by atoms with Gasteiger partial charge in [0.15, 0.2) is 5.82 Å². The zero-order chi connectivity index (χ0) is 19.5. The Bertz CT molecular complexity index is 1110. The molecule has 3 aromatic rings. The van der Waals surface area contributed by atoms with Gasteiger partial charge in [0, 0.05) is 11.1 Å². The molecule has 1 aliphatic rings. The molecule has 144 valence electrons. The first-order valence-corrected chi connectivity index (χ1v) is 9.74. The highest BCUT2D eigenvalue weighted by molar-refractivity contribution is 6.31. The van der Waals surface area contributed by atoms with E-state index in [1.807, 2.05) is 43.3 Å². The molecule has 7 heteroatoms. The van der Waals surface area contributed by atoms with Crippen LogP contribution in [0.4, 0.5) is 0 Å². The summed E-state index contributed by atoms with van der Waals surface area (Å²) in [7, 11) is 0. The number of rotatable bonds is 6. The second-order valence-electron chi connectivity index (χ2n) is 6.68. The highest BCUT2D eigenvalue weighted by Crippen LogP contribution is 2.28. The number of halogens is 1. The van der Waals surface area contributed by atoms with Crippen molar-refractivity contribution >= 4 is 23.0 Å². The largest absolute Gasteiger partial charge is 0.367 e. The average molecular weight is 397 g/mol. The van der Waals surface area contributed by atoms with E-state index in [1.54, 1.807) is 0 Å². The molecular weight excluding hydrogens is 376 g/mol. The summed E-state index contributed by atoms with van der Waals surface area (Å²) < 4.78 is 7.38. The first kappa shape index (κ1) is 18.7. The van der Waals surface area contributed by atoms with Gasteiger partial charge in [0.05, 0.1) is 18.4 Å². The van der Waals surface area contributed by atoms with Crippen molar-refractivity contribution in [3.05, 3.63) is 81.0 Å². The van der Waals surface area contributed by atoms with Crippen LogP contribution in [0.1, 0.15) is 49.4 Å². The summed E-state index contributed by atoms with van der Waals surface area (Å²) in [5.74, 6) is 1.02. The van der Waals surface area contributed by atoms with E-state index in [-0.39, 0.29) is 18.3 Å². The van der Waals surface area contributed by atoms with Crippen LogP contribution in [0.25, 0.3) is 11.4 Å². The van der Waals surface area contributed by atoms with Gasteiger partial charge in [0.2, 0.25) is 0 Å². The summed E-state index contributed by atoms with van der Waals surface area (Å²) in [4.78, 5) is 21.5. The normalized spacial score (nSPS) is 15.0. The minimum absolute atomic E-state index is 0.164. The molecule has 0 spiro atoms. The molecule has 4 rings (SSSR count). The van der Waals surface area contributed by atoms with E-state index in [0.717, 1.165) is 30.4 Å². The fourth-order valence-electron chi connectivity index (χ4n) is 3.29. The number of benzene rings is 1. The molecule has 1 aliphatic carbocycles. The Balaban J connectivity index is 1.57. The Kier molecular flexibility index (Phi) is 5.41. The Morgan fingerprint density at radius 1 is 1.32 bits per heavy atom. The van der Waals surface area contributed by atoms with Gasteiger partial charge < -0.3 is 4.74 Å². The van der Waals surface area contributed by atoms with Crippen LogP contribution >= 0.6 is 11.6 Å². The summed E-state index contributed by atoms with van der Waals surface area (Å²) in [5.41, 5.74) is 2.34. The van der Waals surface area contributed by atoms with Gasteiger partial charge >= 0.3 is 0 Å². The van der Waals surface area contributed by atoms with E-state index in [4.69, 9.17) is 16.3 Å². The number of nitrogens with zero attached hydrogens (tertiary/aromatic N) is 3. The van der Waals surface area contributed by atoms with Crippen molar-refractivity contribution < 1.29 is 4.74 Å². The lowest BCUT2D eigenvalue weighted by molar-refractivity contribution is 0.0353. The van der Waals surface area contributed by atoms with Gasteiger partial charge in [-0.05, 0) is 36.5 Å². The van der Waals surface area contributed by atoms with Crippen molar-refractivity contribution in [2.45, 2.75) is 38.9 Å². The first-order valence-electron chi connectivity index (χ1n) is 9.36. The third-order valence-electron chi connectivity index (χ3n) is 4.76. The SMILES string of the molecule is CCC(OCc1cc(=O)n2[nH]c(C3=CC=CCC3)nc2n1)c1ccccc1Cl. The zero-order valence-electron chi connectivity index (χ0n) is 15.6. The molecule has 0 amide bonds. The van der Waals surface area contributed by atoms with Crippen molar-refractivity contribution in [1.29, 1.82) is 0 Å². The number of nitrogens with one attached hydrogen (secondary N) is 1. The zero-order valence-corrected chi connectivity index (χ0v) is 16.3. The van der Waals surface area contributed by atoms with Crippen molar-refractivity contribution in [3.8, 4) is 0 Å². The molecule has 6 nitrogen and oxygen atoms in total. The van der Waals surface area contributed by atoms with Crippen LogP contribution < -0.4 is 5.56 Å². The van der Waals surface area contributed by atoms with E-state index in [1.165, 1.54) is 10.6 Å². The van der Waals surface area contributed by atoms with Crippen LogP contribution in [0, 0.1) is 0 Å². The third-order valence-corrected chi connectivity index (χ3v) is 5.10. The molecule has 0 saturated heterocycles. The number of hydrogen-bond donors (Lipinski definition) is 1. The lowest BCUT2D eigenvalue weighted by atomic mass is 10.1. The molecule has 28 heavy (non-hydrogen) atoms. The second kappa shape index (κ2) is 8.12. The number of ether oxygens (including phenoxy) is 1. The Morgan fingerprint density at radius 3 is 2.93 bits per heavy atom. The Morgan fingerprint density at radius 2 is 2.18 bits per heavy atom. The summed E-state index contributed by atoms with van der Waals surface area (Å²) in [6, 6.07) is 9.10. The van der Waals surface area contributed by atoms with Crippen LogP contribution in [0.15, 0.2) is 53.4 Å². The molecule has 1 aromatic carbocycles. The maximum atomic E-state index is 12.5. The maximum Gasteiger partial charge on any atom is 0.274 e. The van der Waals surface area contributed by atoms with Gasteiger partial charge in [-0.3, -0.25) is 9.89 Å². The summed E-state index contributed by atoms with van der Waals surface area (Å²) in [6.45, 7) is 2.24. The van der Waals surface area contributed by atoms with Gasteiger partial charge in [-0.2, -0.15) is 9.50 Å². The Labute approximate surface area is 167 Å². The number of aromatic amines is 1. The van der Waals surface area contributed by atoms with E-state index < -0.39 is 0 Å². The number of fused-ring (bicyclic) bond motifs is 1. The van der Waals surface area contributed by atoms with Gasteiger partial charge in [-0.1, -0.05) is 55.0 Å². The monoisotopic (exact) mass is 396 g/mol. The lowest BCUT2D eigenvalue weighted by Crippen LogP contribution is -2.16. The molecule has 2 aromatic heterocycles. The van der Waals surface area contributed by atoms with Gasteiger partial charge in [0.25, 0.3) is 11.3 Å². The fourth-order valence-corrected chi connectivity index (χ4v) is 3.55. The number of aromatic nitrogens is 4. The molecule has 0 fully saturated rings. The predicted octanol–water partition coefficient (Wildman–Crippen LogP) is 4.47. The predicted molar refractivity (Wildman–Crippen MR) is 109 cm³/mol. The van der Waals surface area contributed by atoms with Crippen LogP contribution in [-0.4, -0.2) is 19.6 Å². The molecule has 1 unspecified atom stereocenters. The van der Waals surface area contributed by atoms with Crippen LogP contribution in [0.5, 0.6) is 0 Å². The van der Waals surface area contributed by atoms with E-state index in [0.29, 0.717) is 22.3 Å². The fraction of sp³-hybridized carbons (Fsp3) is 0.286. The van der Waals surface area contributed by atoms with Gasteiger partial charge in [-0.25, -0.2) is 4.98 Å². The highest BCUT2D eigenvalue weighted by atomic mass is 35.5. The van der Waals surface area contributed by atoms with E-state index in [9.17, 15) is 4.79 Å². The quantitative estimate of drug-likeness (QED) is 0.667. The van der Waals surface area contributed by atoms with Gasteiger partial charge in [0.1, 0.15) is 0 Å². The number of hydrogen-bond acceptors (Lipinski definition) is 4. The van der Waals surface area contributed by atoms with E-state index >= 15 is 0 Å². The summed E-state index contributed by atoms with van der Waals surface area (Å²) >= 11 is 6.29. The molecule has 2 heterocycles. The third kappa shape index (κ3) is 3.79. The smallest absolute Gasteiger partial charge is 0.274 e. The molecule has 1 N–H and O–H groups in total. The van der Waals surface area contributed by atoms with Gasteiger partial charge in [-0.15, -0.1) is 0 Å². The molecule has 1 atom stereocenters. The topological polar surface area (TPSA) is 72.3 Å². The van der Waals surface area contributed by atoms with Crippen LogP contribution in [-0.2, 0) is 11.3 Å². The summed E-state index contributed by atoms with van der Waals surface area (Å²) in [6.07, 6.45) is 8.56. The minimum atomic E-state index is -0.208. The second-order valence-corrected chi connectivity index (χ2v) is 7.09. The molecule has 0 aliphatic heterocycles. The van der Waals surface area contributed by atoms with E-state index in [2.05, 4.69) is 21.1 Å². The highest BCUT2D eigenvalue weighted by Gasteiger charge is 2.15. The van der Waals surface area contributed by atoms with Crippen LogP contribution in [0.3, 0.4) is 0 Å². The van der Waals surface area contributed by atoms with Crippen molar-refractivity contribution in [3.63, 3.8) is 0 Å². The van der Waals surface area contributed by atoms with Crippen molar-refractivity contribution in [2.75, 3.05) is 0 Å². The number of allylic oxidation sites excluding steroid dienone is 4. The molecule has 0 saturated carbocycles. The van der Waals surface area contributed by atoms with Crippen LogP contribution in [0.2, 0.25) is 5.02 Å². The average Bonchev–Trinajstić information content (AvgIpc) is 3.15. The molecular formula is C21H21ClN4O2. The minimum Gasteiger partial charge on any atom is -0.367 e. The first-order chi connectivity index (χ1) is 13.7.